The molecule has 0 saturated heterocycles. The van der Waals surface area contributed by atoms with Gasteiger partial charge in [-0.3, -0.25) is 4.99 Å². The number of guanidine groups is 1. The minimum absolute atomic E-state index is 0.422. The van der Waals surface area contributed by atoms with E-state index in [-0.39, 0.29) is 0 Å². The largest absolute Gasteiger partial charge is 0.444 e. The van der Waals surface area contributed by atoms with Crippen molar-refractivity contribution in [1.82, 2.24) is 16.0 Å². The summed E-state index contributed by atoms with van der Waals surface area (Å²) in [6.07, 6.45) is 1.07. The molecular weight excluding hydrogens is 354 g/mol. The van der Waals surface area contributed by atoms with Crippen LogP contribution in [0, 0.1) is 11.3 Å². The van der Waals surface area contributed by atoms with Crippen LogP contribution in [0.25, 0.3) is 0 Å². The molecule has 0 bridgehead atoms. The molecule has 0 heterocycles. The van der Waals surface area contributed by atoms with Gasteiger partial charge in [-0.15, -0.1) is 0 Å². The summed E-state index contributed by atoms with van der Waals surface area (Å²) in [6, 6.07) is 9.56. The van der Waals surface area contributed by atoms with Crippen LogP contribution in [0.2, 0.25) is 0 Å². The van der Waals surface area contributed by atoms with Gasteiger partial charge in [0.05, 0.1) is 17.2 Å². The van der Waals surface area contributed by atoms with Gasteiger partial charge in [-0.05, 0) is 51.3 Å². The first kappa shape index (κ1) is 23.3. The van der Waals surface area contributed by atoms with Gasteiger partial charge in [0.25, 0.3) is 0 Å². The maximum atomic E-state index is 12.2. The van der Waals surface area contributed by atoms with Gasteiger partial charge in [0.1, 0.15) is 5.60 Å². The maximum absolute atomic E-state index is 12.2. The third-order valence-electron chi connectivity index (χ3n) is 4.45. The van der Waals surface area contributed by atoms with Crippen LogP contribution in [0.4, 0.5) is 4.79 Å². The number of nitrogens with one attached hydrogen (secondary N) is 3. The monoisotopic (exact) mass is 387 g/mol. The summed E-state index contributed by atoms with van der Waals surface area (Å²) in [6.45, 7) is 10.7. The molecule has 1 amide bonds. The number of rotatable bonds is 7. The van der Waals surface area contributed by atoms with E-state index in [1.165, 1.54) is 0 Å². The zero-order valence-electron chi connectivity index (χ0n) is 17.8. The molecule has 154 valence electrons. The van der Waals surface area contributed by atoms with E-state index in [9.17, 15) is 4.79 Å². The van der Waals surface area contributed by atoms with Gasteiger partial charge in [-0.1, -0.05) is 26.0 Å². The molecule has 0 spiro atoms. The van der Waals surface area contributed by atoms with Crippen LogP contribution in [0.3, 0.4) is 0 Å². The molecule has 0 aliphatic rings. The van der Waals surface area contributed by atoms with Crippen LogP contribution in [-0.2, 0) is 11.3 Å². The highest BCUT2D eigenvalue weighted by molar-refractivity contribution is 5.79. The average molecular weight is 388 g/mol. The molecule has 0 unspecified atom stereocenters. The van der Waals surface area contributed by atoms with Crippen LogP contribution in [0.15, 0.2) is 29.3 Å². The number of nitriles is 1. The van der Waals surface area contributed by atoms with Gasteiger partial charge in [0.15, 0.2) is 5.96 Å². The Morgan fingerprint density at radius 3 is 2.43 bits per heavy atom. The minimum atomic E-state index is -0.541. The lowest BCUT2D eigenvalue weighted by Gasteiger charge is -2.34. The van der Waals surface area contributed by atoms with Gasteiger partial charge in [0, 0.05) is 20.1 Å². The summed E-state index contributed by atoms with van der Waals surface area (Å²) in [5, 5.41) is 18.5. The summed E-state index contributed by atoms with van der Waals surface area (Å²) >= 11 is 0. The van der Waals surface area contributed by atoms with Crippen LogP contribution in [0.5, 0.6) is 0 Å². The number of nitrogens with zero attached hydrogens (tertiary/aromatic N) is 2. The topological polar surface area (TPSA) is 98.5 Å². The normalized spacial score (nSPS) is 12.1. The molecule has 1 rings (SSSR count). The molecule has 0 aliphatic heterocycles. The highest BCUT2D eigenvalue weighted by atomic mass is 16.6. The van der Waals surface area contributed by atoms with Crippen molar-refractivity contribution in [2.75, 3.05) is 13.6 Å². The first-order valence-corrected chi connectivity index (χ1v) is 9.61. The molecule has 0 saturated carbocycles. The summed E-state index contributed by atoms with van der Waals surface area (Å²) in [4.78, 5) is 16.5. The predicted octanol–water partition coefficient (Wildman–Crippen LogP) is 3.31. The molecule has 1 aromatic rings. The number of aliphatic imine (C=N–C) groups is 1. The minimum Gasteiger partial charge on any atom is -0.444 e. The fourth-order valence-corrected chi connectivity index (χ4v) is 2.65. The molecular formula is C21H33N5O2. The van der Waals surface area contributed by atoms with Crippen molar-refractivity contribution in [3.8, 4) is 6.07 Å². The highest BCUT2D eigenvalue weighted by Crippen LogP contribution is 2.16. The second-order valence-electron chi connectivity index (χ2n) is 7.71. The lowest BCUT2D eigenvalue weighted by molar-refractivity contribution is 0.0448. The van der Waals surface area contributed by atoms with E-state index in [4.69, 9.17) is 10.00 Å². The van der Waals surface area contributed by atoms with Crippen molar-refractivity contribution in [3.05, 3.63) is 35.4 Å². The van der Waals surface area contributed by atoms with Gasteiger partial charge in [-0.2, -0.15) is 5.26 Å². The van der Waals surface area contributed by atoms with Crippen molar-refractivity contribution in [1.29, 1.82) is 5.26 Å². The molecule has 0 aliphatic carbocycles. The SMILES string of the molecule is CCC(CC)(CNC(=NC)NCc1cccc(C#N)c1)NC(=O)OC(C)(C)C. The van der Waals surface area contributed by atoms with E-state index in [0.29, 0.717) is 24.6 Å². The smallest absolute Gasteiger partial charge is 0.408 e. The van der Waals surface area contributed by atoms with Crippen molar-refractivity contribution in [2.45, 2.75) is 65.1 Å². The Kier molecular flexibility index (Phi) is 8.77. The molecule has 0 radical (unpaired) electrons. The fraction of sp³-hybridized carbons (Fsp3) is 0.571. The van der Waals surface area contributed by atoms with E-state index >= 15 is 0 Å². The number of benzene rings is 1. The van der Waals surface area contributed by atoms with Gasteiger partial charge in [-0.25, -0.2) is 4.79 Å². The van der Waals surface area contributed by atoms with E-state index in [2.05, 4.69) is 27.0 Å². The third kappa shape index (κ3) is 7.87. The Morgan fingerprint density at radius 2 is 1.89 bits per heavy atom. The predicted molar refractivity (Wildman–Crippen MR) is 112 cm³/mol. The second kappa shape index (κ2) is 10.5. The van der Waals surface area contributed by atoms with Gasteiger partial charge in [0.2, 0.25) is 0 Å². The summed E-state index contributed by atoms with van der Waals surface area (Å²) in [5.41, 5.74) is 0.631. The van der Waals surface area contributed by atoms with Crippen molar-refractivity contribution in [2.24, 2.45) is 4.99 Å². The average Bonchev–Trinajstić information content (AvgIpc) is 2.65. The van der Waals surface area contributed by atoms with Crippen LogP contribution in [-0.4, -0.2) is 36.8 Å². The fourth-order valence-electron chi connectivity index (χ4n) is 2.65. The lowest BCUT2D eigenvalue weighted by atomic mass is 9.93. The quantitative estimate of drug-likeness (QED) is 0.492. The summed E-state index contributed by atoms with van der Waals surface area (Å²) < 4.78 is 5.41. The Morgan fingerprint density at radius 1 is 1.21 bits per heavy atom. The van der Waals surface area contributed by atoms with Crippen LogP contribution in [0.1, 0.15) is 58.6 Å². The number of hydrogen-bond acceptors (Lipinski definition) is 4. The van der Waals surface area contributed by atoms with Crippen molar-refractivity contribution in [3.63, 3.8) is 0 Å². The Hall–Kier alpha value is -2.75. The Balaban J connectivity index is 2.68. The lowest BCUT2D eigenvalue weighted by Crippen LogP contribution is -2.57. The van der Waals surface area contributed by atoms with E-state index in [1.54, 1.807) is 13.1 Å². The van der Waals surface area contributed by atoms with E-state index in [1.807, 2.05) is 52.8 Å². The molecule has 28 heavy (non-hydrogen) atoms. The molecule has 3 N–H and O–H groups in total. The number of hydrogen-bond donors (Lipinski definition) is 3. The van der Waals surface area contributed by atoms with Gasteiger partial charge < -0.3 is 20.7 Å². The number of amides is 1. The first-order chi connectivity index (χ1) is 13.2. The molecule has 1 aromatic carbocycles. The third-order valence-corrected chi connectivity index (χ3v) is 4.45. The maximum Gasteiger partial charge on any atom is 0.408 e. The van der Waals surface area contributed by atoms with Crippen molar-refractivity contribution >= 4 is 12.1 Å². The molecule has 0 atom stereocenters. The number of carbonyl (C=O) groups is 1. The van der Waals surface area contributed by atoms with E-state index < -0.39 is 17.2 Å². The van der Waals surface area contributed by atoms with Gasteiger partial charge >= 0.3 is 6.09 Å². The highest BCUT2D eigenvalue weighted by Gasteiger charge is 2.30. The second-order valence-corrected chi connectivity index (χ2v) is 7.71. The van der Waals surface area contributed by atoms with Crippen LogP contribution >= 0.6 is 0 Å². The molecule has 7 nitrogen and oxygen atoms in total. The molecule has 7 heteroatoms. The standard InChI is InChI=1S/C21H33N5O2/c1-7-21(8-2,26-19(27)28-20(3,4)5)15-25-18(23-6)24-14-17-11-9-10-16(12-17)13-22/h9-12H,7-8,14-15H2,1-6H3,(H,26,27)(H2,23,24,25). The Labute approximate surface area is 168 Å². The zero-order valence-corrected chi connectivity index (χ0v) is 17.8. The first-order valence-electron chi connectivity index (χ1n) is 9.61. The number of carbonyl (C=O) groups excluding carboxylic acids is 1. The molecule has 0 aromatic heterocycles. The summed E-state index contributed by atoms with van der Waals surface area (Å²) in [7, 11) is 1.70. The van der Waals surface area contributed by atoms with Crippen LogP contribution < -0.4 is 16.0 Å². The molecule has 0 fully saturated rings. The zero-order chi connectivity index (χ0) is 21.2. The number of ether oxygens (including phenoxy) is 1. The number of alkyl carbamates (subject to hydrolysis) is 1. The summed E-state index contributed by atoms with van der Waals surface area (Å²) in [5.74, 6) is 0.625. The van der Waals surface area contributed by atoms with Crippen molar-refractivity contribution < 1.29 is 9.53 Å². The van der Waals surface area contributed by atoms with E-state index in [0.717, 1.165) is 18.4 Å². The Bertz CT molecular complexity index is 712.